The number of amides is 1. The standard InChI is InChI=1S/C22H36N2O2/c1-2-3-4-5-6-7-8-9-11-19-13-15-20(16-14-19)24-22(25)26-21-12-10-17-23-18-21/h13-16,21,23H,2-12,17-18H2,1H3,(H,24,25)/t21-/m0/s1. The maximum atomic E-state index is 11.9. The number of carbonyl (C=O) groups is 1. The molecule has 1 atom stereocenters. The van der Waals surface area contributed by atoms with E-state index < -0.39 is 0 Å². The Labute approximate surface area is 159 Å². The fourth-order valence-electron chi connectivity index (χ4n) is 3.44. The van der Waals surface area contributed by atoms with Gasteiger partial charge in [-0.15, -0.1) is 0 Å². The van der Waals surface area contributed by atoms with Gasteiger partial charge in [-0.25, -0.2) is 4.79 Å². The van der Waals surface area contributed by atoms with Crippen LogP contribution >= 0.6 is 0 Å². The number of piperidine rings is 1. The Balaban J connectivity index is 1.57. The van der Waals surface area contributed by atoms with Gasteiger partial charge in [-0.2, -0.15) is 0 Å². The third-order valence-electron chi connectivity index (χ3n) is 5.04. The lowest BCUT2D eigenvalue weighted by Gasteiger charge is -2.22. The van der Waals surface area contributed by atoms with Crippen LogP contribution in [0.4, 0.5) is 10.5 Å². The molecule has 0 spiro atoms. The predicted octanol–water partition coefficient (Wildman–Crippen LogP) is 5.67. The monoisotopic (exact) mass is 360 g/mol. The van der Waals surface area contributed by atoms with Crippen molar-refractivity contribution in [1.82, 2.24) is 5.32 Å². The number of benzene rings is 1. The van der Waals surface area contributed by atoms with Crippen LogP contribution in [0, 0.1) is 0 Å². The van der Waals surface area contributed by atoms with Crippen LogP contribution in [-0.4, -0.2) is 25.3 Å². The molecule has 1 aliphatic rings. The first kappa shape index (κ1) is 20.8. The van der Waals surface area contributed by atoms with Crippen molar-refractivity contribution in [2.75, 3.05) is 18.4 Å². The minimum Gasteiger partial charge on any atom is -0.445 e. The molecule has 1 fully saturated rings. The van der Waals surface area contributed by atoms with Crippen molar-refractivity contribution < 1.29 is 9.53 Å². The number of hydrogen-bond acceptors (Lipinski definition) is 3. The number of nitrogens with one attached hydrogen (secondary N) is 2. The van der Waals surface area contributed by atoms with Gasteiger partial charge < -0.3 is 10.1 Å². The van der Waals surface area contributed by atoms with Crippen LogP contribution in [0.2, 0.25) is 0 Å². The molecule has 1 saturated heterocycles. The zero-order valence-corrected chi connectivity index (χ0v) is 16.4. The quantitative estimate of drug-likeness (QED) is 0.500. The molecule has 1 aromatic carbocycles. The number of rotatable bonds is 11. The van der Waals surface area contributed by atoms with E-state index in [4.69, 9.17) is 4.74 Å². The van der Waals surface area contributed by atoms with Crippen molar-refractivity contribution in [3.05, 3.63) is 29.8 Å². The fraction of sp³-hybridized carbons (Fsp3) is 0.682. The van der Waals surface area contributed by atoms with Crippen LogP contribution in [0.3, 0.4) is 0 Å². The molecule has 1 heterocycles. The van der Waals surface area contributed by atoms with E-state index in [0.29, 0.717) is 0 Å². The van der Waals surface area contributed by atoms with E-state index in [1.165, 1.54) is 56.9 Å². The van der Waals surface area contributed by atoms with E-state index in [1.54, 1.807) is 0 Å². The van der Waals surface area contributed by atoms with Crippen LogP contribution in [0.1, 0.15) is 76.7 Å². The highest BCUT2D eigenvalue weighted by Crippen LogP contribution is 2.15. The molecule has 0 aromatic heterocycles. The van der Waals surface area contributed by atoms with Gasteiger partial charge >= 0.3 is 6.09 Å². The Morgan fingerprint density at radius 2 is 1.77 bits per heavy atom. The number of carbonyl (C=O) groups excluding carboxylic acids is 1. The van der Waals surface area contributed by atoms with E-state index in [0.717, 1.165) is 38.0 Å². The predicted molar refractivity (Wildman–Crippen MR) is 109 cm³/mol. The lowest BCUT2D eigenvalue weighted by Crippen LogP contribution is -2.37. The molecule has 0 radical (unpaired) electrons. The summed E-state index contributed by atoms with van der Waals surface area (Å²) in [7, 11) is 0. The Bertz CT molecular complexity index is 495. The van der Waals surface area contributed by atoms with Gasteiger partial charge in [-0.05, 0) is 49.9 Å². The molecule has 2 N–H and O–H groups in total. The summed E-state index contributed by atoms with van der Waals surface area (Å²) in [5.41, 5.74) is 2.14. The van der Waals surface area contributed by atoms with Crippen molar-refractivity contribution in [3.63, 3.8) is 0 Å². The number of unbranched alkanes of at least 4 members (excludes halogenated alkanes) is 7. The highest BCUT2D eigenvalue weighted by atomic mass is 16.6. The van der Waals surface area contributed by atoms with E-state index in [-0.39, 0.29) is 12.2 Å². The Morgan fingerprint density at radius 3 is 2.42 bits per heavy atom. The first-order valence-corrected chi connectivity index (χ1v) is 10.5. The molecule has 0 saturated carbocycles. The van der Waals surface area contributed by atoms with Crippen molar-refractivity contribution in [3.8, 4) is 0 Å². The summed E-state index contributed by atoms with van der Waals surface area (Å²) in [5.74, 6) is 0. The Hall–Kier alpha value is -1.55. The van der Waals surface area contributed by atoms with Gasteiger partial charge in [-0.3, -0.25) is 5.32 Å². The molecule has 0 bridgehead atoms. The average Bonchev–Trinajstić information content (AvgIpc) is 2.66. The average molecular weight is 361 g/mol. The fourth-order valence-corrected chi connectivity index (χ4v) is 3.44. The summed E-state index contributed by atoms with van der Waals surface area (Å²) in [5, 5.41) is 6.08. The summed E-state index contributed by atoms with van der Waals surface area (Å²) in [6.07, 6.45) is 13.5. The zero-order valence-electron chi connectivity index (χ0n) is 16.4. The summed E-state index contributed by atoms with van der Waals surface area (Å²) < 4.78 is 5.44. The third kappa shape index (κ3) is 8.70. The Kier molecular flexibility index (Phi) is 10.2. The van der Waals surface area contributed by atoms with Crippen LogP contribution in [0.25, 0.3) is 0 Å². The molecule has 2 rings (SSSR count). The second-order valence-corrected chi connectivity index (χ2v) is 7.42. The van der Waals surface area contributed by atoms with E-state index >= 15 is 0 Å². The molecule has 1 aliphatic heterocycles. The Morgan fingerprint density at radius 1 is 1.08 bits per heavy atom. The highest BCUT2D eigenvalue weighted by molar-refractivity contribution is 5.84. The maximum absolute atomic E-state index is 11.9. The highest BCUT2D eigenvalue weighted by Gasteiger charge is 2.17. The summed E-state index contributed by atoms with van der Waals surface area (Å²) in [6, 6.07) is 8.17. The smallest absolute Gasteiger partial charge is 0.411 e. The van der Waals surface area contributed by atoms with Gasteiger partial charge in [-0.1, -0.05) is 64.0 Å². The number of hydrogen-bond donors (Lipinski definition) is 2. The van der Waals surface area contributed by atoms with E-state index in [2.05, 4.69) is 29.7 Å². The molecule has 1 aromatic rings. The minimum atomic E-state index is -0.352. The first-order chi connectivity index (χ1) is 12.8. The second-order valence-electron chi connectivity index (χ2n) is 7.42. The molecular weight excluding hydrogens is 324 g/mol. The van der Waals surface area contributed by atoms with Crippen molar-refractivity contribution in [1.29, 1.82) is 0 Å². The molecule has 0 aliphatic carbocycles. The first-order valence-electron chi connectivity index (χ1n) is 10.5. The van der Waals surface area contributed by atoms with Gasteiger partial charge in [0.15, 0.2) is 0 Å². The molecule has 1 amide bonds. The molecule has 146 valence electrons. The lowest BCUT2D eigenvalue weighted by atomic mass is 10.0. The van der Waals surface area contributed by atoms with E-state index in [1.807, 2.05) is 12.1 Å². The van der Waals surface area contributed by atoms with Crippen LogP contribution < -0.4 is 10.6 Å². The van der Waals surface area contributed by atoms with Crippen LogP contribution in [0.15, 0.2) is 24.3 Å². The summed E-state index contributed by atoms with van der Waals surface area (Å²) >= 11 is 0. The molecular formula is C22H36N2O2. The normalized spacial score (nSPS) is 17.0. The second kappa shape index (κ2) is 12.7. The van der Waals surface area contributed by atoms with Gasteiger partial charge in [0.25, 0.3) is 0 Å². The number of anilines is 1. The zero-order chi connectivity index (χ0) is 18.5. The van der Waals surface area contributed by atoms with Crippen molar-refractivity contribution >= 4 is 11.8 Å². The number of ether oxygens (including phenoxy) is 1. The van der Waals surface area contributed by atoms with Gasteiger partial charge in [0.05, 0.1) is 0 Å². The lowest BCUT2D eigenvalue weighted by molar-refractivity contribution is 0.0941. The van der Waals surface area contributed by atoms with Crippen molar-refractivity contribution in [2.24, 2.45) is 0 Å². The SMILES string of the molecule is CCCCCCCCCCc1ccc(NC(=O)O[C@H]2CCCNC2)cc1. The summed E-state index contributed by atoms with van der Waals surface area (Å²) in [4.78, 5) is 11.9. The molecule has 0 unspecified atom stereocenters. The van der Waals surface area contributed by atoms with Crippen LogP contribution in [0.5, 0.6) is 0 Å². The topological polar surface area (TPSA) is 50.4 Å². The van der Waals surface area contributed by atoms with Crippen LogP contribution in [-0.2, 0) is 11.2 Å². The van der Waals surface area contributed by atoms with Gasteiger partial charge in [0.1, 0.15) is 6.10 Å². The summed E-state index contributed by atoms with van der Waals surface area (Å²) in [6.45, 7) is 4.03. The largest absolute Gasteiger partial charge is 0.445 e. The third-order valence-corrected chi connectivity index (χ3v) is 5.04. The van der Waals surface area contributed by atoms with E-state index in [9.17, 15) is 4.79 Å². The molecule has 4 nitrogen and oxygen atoms in total. The molecule has 4 heteroatoms. The maximum Gasteiger partial charge on any atom is 0.411 e. The minimum absolute atomic E-state index is 0.00926. The van der Waals surface area contributed by atoms with Gasteiger partial charge in [0.2, 0.25) is 0 Å². The van der Waals surface area contributed by atoms with Gasteiger partial charge in [0, 0.05) is 12.2 Å². The van der Waals surface area contributed by atoms with Crippen molar-refractivity contribution in [2.45, 2.75) is 83.7 Å². The number of aryl methyl sites for hydroxylation is 1. The molecule has 26 heavy (non-hydrogen) atoms.